The van der Waals surface area contributed by atoms with Gasteiger partial charge in [0.15, 0.2) is 0 Å². The van der Waals surface area contributed by atoms with Crippen molar-refractivity contribution >= 4 is 11.9 Å². The molecule has 2 fully saturated rings. The molecule has 3 aliphatic rings. The monoisotopic (exact) mass is 470 g/mol. The van der Waals surface area contributed by atoms with Crippen molar-refractivity contribution in [3.05, 3.63) is 35.5 Å². The predicted octanol–water partition coefficient (Wildman–Crippen LogP) is 7.66. The van der Waals surface area contributed by atoms with Gasteiger partial charge in [0.2, 0.25) is 0 Å². The summed E-state index contributed by atoms with van der Waals surface area (Å²) < 4.78 is 0. The second-order valence-corrected chi connectivity index (χ2v) is 12.4. The lowest BCUT2D eigenvalue weighted by molar-refractivity contribution is -0.138. The van der Waals surface area contributed by atoms with E-state index in [0.717, 1.165) is 25.7 Å². The molecule has 4 heteroatoms. The predicted molar refractivity (Wildman–Crippen MR) is 137 cm³/mol. The number of aliphatic carboxylic acids is 2. The van der Waals surface area contributed by atoms with Crippen LogP contribution in [-0.2, 0) is 9.59 Å². The number of carboxylic acids is 2. The fraction of sp³-hybridized carbons (Fsp3) is 0.733. The van der Waals surface area contributed by atoms with Crippen molar-refractivity contribution in [2.75, 3.05) is 0 Å². The average molecular weight is 471 g/mol. The topological polar surface area (TPSA) is 74.6 Å². The first-order chi connectivity index (χ1) is 15.8. The van der Waals surface area contributed by atoms with Crippen molar-refractivity contribution in [1.29, 1.82) is 0 Å². The molecule has 4 nitrogen and oxygen atoms in total. The Morgan fingerprint density at radius 3 is 2.44 bits per heavy atom. The molecule has 0 saturated heterocycles. The van der Waals surface area contributed by atoms with Gasteiger partial charge in [-0.25, -0.2) is 4.79 Å². The lowest BCUT2D eigenvalue weighted by Gasteiger charge is -2.60. The summed E-state index contributed by atoms with van der Waals surface area (Å²) in [6.45, 7) is 17.8. The number of carboxylic acid groups (broad SMARTS) is 2. The lowest BCUT2D eigenvalue weighted by atomic mass is 9.44. The van der Waals surface area contributed by atoms with Crippen LogP contribution in [0.25, 0.3) is 0 Å². The van der Waals surface area contributed by atoms with Gasteiger partial charge in [-0.1, -0.05) is 57.6 Å². The molecule has 0 radical (unpaired) electrons. The quantitative estimate of drug-likeness (QED) is 0.268. The number of rotatable bonds is 9. The molecular weight excluding hydrogens is 424 g/mol. The van der Waals surface area contributed by atoms with Crippen LogP contribution >= 0.6 is 0 Å². The van der Waals surface area contributed by atoms with Gasteiger partial charge in [-0.2, -0.15) is 0 Å². The molecule has 190 valence electrons. The fourth-order valence-corrected chi connectivity index (χ4v) is 8.44. The minimum Gasteiger partial charge on any atom is -0.481 e. The first kappa shape index (κ1) is 26.8. The average Bonchev–Trinajstić information content (AvgIpc) is 3.03. The van der Waals surface area contributed by atoms with E-state index < -0.39 is 11.9 Å². The second-order valence-electron chi connectivity index (χ2n) is 12.4. The van der Waals surface area contributed by atoms with E-state index >= 15 is 0 Å². The molecule has 0 aromatic heterocycles. The normalized spacial score (nSPS) is 38.5. The fourth-order valence-electron chi connectivity index (χ4n) is 8.44. The van der Waals surface area contributed by atoms with Gasteiger partial charge in [0.05, 0.1) is 0 Å². The summed E-state index contributed by atoms with van der Waals surface area (Å²) in [6, 6.07) is 0. The lowest BCUT2D eigenvalue weighted by Crippen LogP contribution is -2.52. The molecule has 2 saturated carbocycles. The largest absolute Gasteiger partial charge is 0.481 e. The Balaban J connectivity index is 1.87. The van der Waals surface area contributed by atoms with Crippen LogP contribution in [0, 0.1) is 39.9 Å². The van der Waals surface area contributed by atoms with Gasteiger partial charge in [0.25, 0.3) is 0 Å². The van der Waals surface area contributed by atoms with Gasteiger partial charge in [-0.05, 0) is 105 Å². The van der Waals surface area contributed by atoms with Gasteiger partial charge in [-0.3, -0.25) is 4.79 Å². The third kappa shape index (κ3) is 4.42. The number of carbonyl (C=O) groups is 2. The summed E-state index contributed by atoms with van der Waals surface area (Å²) in [7, 11) is 0. The molecule has 0 heterocycles. The van der Waals surface area contributed by atoms with E-state index in [-0.39, 0.29) is 22.7 Å². The molecule has 7 atom stereocenters. The van der Waals surface area contributed by atoms with Gasteiger partial charge >= 0.3 is 11.9 Å². The Morgan fingerprint density at radius 1 is 1.18 bits per heavy atom. The van der Waals surface area contributed by atoms with Crippen LogP contribution < -0.4 is 0 Å². The first-order valence-corrected chi connectivity index (χ1v) is 13.3. The number of hydrogen-bond donors (Lipinski definition) is 2. The molecular formula is C30H46O4. The van der Waals surface area contributed by atoms with Crippen LogP contribution in [0.1, 0.15) is 99.3 Å². The van der Waals surface area contributed by atoms with Crippen LogP contribution in [0.15, 0.2) is 35.5 Å². The van der Waals surface area contributed by atoms with Gasteiger partial charge < -0.3 is 10.2 Å². The Labute approximate surface area is 206 Å². The van der Waals surface area contributed by atoms with E-state index in [1.807, 2.05) is 6.08 Å². The highest BCUT2D eigenvalue weighted by atomic mass is 16.4. The smallest absolute Gasteiger partial charge is 0.330 e. The van der Waals surface area contributed by atoms with E-state index in [1.165, 1.54) is 24.8 Å². The summed E-state index contributed by atoms with van der Waals surface area (Å²) in [4.78, 5) is 22.7. The molecule has 0 bridgehead atoms. The Kier molecular flexibility index (Phi) is 7.60. The third-order valence-corrected chi connectivity index (χ3v) is 10.7. The Hall–Kier alpha value is -1.84. The number of hydrogen-bond acceptors (Lipinski definition) is 2. The van der Waals surface area contributed by atoms with Crippen LogP contribution in [0.3, 0.4) is 0 Å². The summed E-state index contributed by atoms with van der Waals surface area (Å²) in [5.74, 6) is 0.416. The molecule has 0 aromatic carbocycles. The van der Waals surface area contributed by atoms with Crippen LogP contribution in [0.5, 0.6) is 0 Å². The summed E-state index contributed by atoms with van der Waals surface area (Å²) >= 11 is 0. The zero-order valence-electron chi connectivity index (χ0n) is 22.2. The van der Waals surface area contributed by atoms with E-state index in [9.17, 15) is 14.7 Å². The molecule has 2 N–H and O–H groups in total. The van der Waals surface area contributed by atoms with E-state index in [2.05, 4.69) is 47.3 Å². The van der Waals surface area contributed by atoms with E-state index in [4.69, 9.17) is 5.11 Å². The number of fused-ring (bicyclic) bond motifs is 3. The minimum absolute atomic E-state index is 0.0541. The van der Waals surface area contributed by atoms with Crippen LogP contribution in [-0.4, -0.2) is 22.2 Å². The molecule has 0 aromatic rings. The van der Waals surface area contributed by atoms with Crippen molar-refractivity contribution < 1.29 is 19.8 Å². The van der Waals surface area contributed by atoms with Crippen molar-refractivity contribution in [2.24, 2.45) is 39.9 Å². The number of allylic oxidation sites excluding steroid dienone is 4. The van der Waals surface area contributed by atoms with Crippen LogP contribution in [0.2, 0.25) is 0 Å². The summed E-state index contributed by atoms with van der Waals surface area (Å²) in [5, 5.41) is 18.6. The molecule has 3 aliphatic carbocycles. The summed E-state index contributed by atoms with van der Waals surface area (Å²) in [5.41, 5.74) is 3.54. The van der Waals surface area contributed by atoms with Crippen molar-refractivity contribution in [1.82, 2.24) is 0 Å². The molecule has 34 heavy (non-hydrogen) atoms. The molecule has 3 rings (SSSR count). The highest BCUT2D eigenvalue weighted by molar-refractivity contribution is 5.85. The van der Waals surface area contributed by atoms with Gasteiger partial charge in [0.1, 0.15) is 0 Å². The highest BCUT2D eigenvalue weighted by Crippen LogP contribution is 2.71. The Bertz CT molecular complexity index is 897. The van der Waals surface area contributed by atoms with Gasteiger partial charge in [0, 0.05) is 12.0 Å². The maximum absolute atomic E-state index is 11.5. The highest BCUT2D eigenvalue weighted by Gasteiger charge is 2.63. The standard InChI is InChI=1S/C30H46O4/c1-19(2)22-11-12-25-24(28(22,5)16-15-26(31)32)14-18-29(6)23(13-17-30(25,29)7)20(3)9-8-10-21(4)27(33)34/h10,12,20,22-24H,1,8-9,11,13-18H2,2-7H3,(H,31,32)(H,33,34)/b21-10-/t20-,22-,23-,24-,28-,29-,30+/m0/s1. The van der Waals surface area contributed by atoms with Crippen molar-refractivity contribution in [3.63, 3.8) is 0 Å². The van der Waals surface area contributed by atoms with Crippen molar-refractivity contribution in [3.8, 4) is 0 Å². The summed E-state index contributed by atoms with van der Waals surface area (Å²) in [6.07, 6.45) is 12.9. The Morgan fingerprint density at radius 2 is 1.85 bits per heavy atom. The SMILES string of the molecule is C=C(C)[C@@H]1CC=C2[C@H](CC[C@@]3(C)[C@H]([C@@H](C)CC/C=C(/C)C(=O)O)CC[C@]23C)[C@@]1(C)CCC(=O)O. The van der Waals surface area contributed by atoms with Gasteiger partial charge in [-0.15, -0.1) is 0 Å². The second kappa shape index (κ2) is 9.66. The van der Waals surface area contributed by atoms with E-state index in [0.29, 0.717) is 35.7 Å². The van der Waals surface area contributed by atoms with Crippen molar-refractivity contribution in [2.45, 2.75) is 99.3 Å². The molecule has 0 spiro atoms. The maximum Gasteiger partial charge on any atom is 0.330 e. The zero-order valence-corrected chi connectivity index (χ0v) is 22.2. The first-order valence-electron chi connectivity index (χ1n) is 13.3. The van der Waals surface area contributed by atoms with Crippen LogP contribution in [0.4, 0.5) is 0 Å². The molecule has 0 unspecified atom stereocenters. The minimum atomic E-state index is -0.824. The third-order valence-electron chi connectivity index (χ3n) is 10.7. The maximum atomic E-state index is 11.5. The molecule has 0 amide bonds. The molecule has 0 aliphatic heterocycles. The van der Waals surface area contributed by atoms with E-state index in [1.54, 1.807) is 12.5 Å². The zero-order chi connectivity index (χ0) is 25.5.